The summed E-state index contributed by atoms with van der Waals surface area (Å²) in [5.41, 5.74) is 7.04. The first-order valence-corrected chi connectivity index (χ1v) is 29.0. The Morgan fingerprint density at radius 2 is 1.38 bits per heavy atom. The molecule has 0 aromatic heterocycles. The lowest BCUT2D eigenvalue weighted by atomic mass is 9.81. The van der Waals surface area contributed by atoms with E-state index in [-0.39, 0.29) is 61.0 Å². The van der Waals surface area contributed by atoms with Crippen molar-refractivity contribution < 1.29 is 64.3 Å². The molecule has 0 aliphatic carbocycles. The third-order valence-electron chi connectivity index (χ3n) is 15.0. The van der Waals surface area contributed by atoms with Crippen LogP contribution in [0.5, 0.6) is 0 Å². The van der Waals surface area contributed by atoms with Crippen LogP contribution >= 0.6 is 0 Å². The van der Waals surface area contributed by atoms with Gasteiger partial charge in [-0.25, -0.2) is 21.1 Å². The summed E-state index contributed by atoms with van der Waals surface area (Å²) in [6.07, 6.45) is 15.1. The number of rotatable bonds is 20. The highest BCUT2D eigenvalue weighted by Crippen LogP contribution is 2.49. The Kier molecular flexibility index (Phi) is 20.7. The van der Waals surface area contributed by atoms with Gasteiger partial charge in [0.25, 0.3) is 0 Å². The average Bonchev–Trinajstić information content (AvgIpc) is 3.69. The third-order valence-corrected chi connectivity index (χ3v) is 17.7. The predicted octanol–water partition coefficient (Wildman–Crippen LogP) is 3.48. The fourth-order valence-electron chi connectivity index (χ4n) is 10.5. The van der Waals surface area contributed by atoms with E-state index in [1.165, 1.54) is 88.2 Å². The number of anilines is 2. The number of amides is 2. The molecule has 2 N–H and O–H groups in total. The monoisotopic (exact) mass is 1100 g/mol. The molecule has 0 saturated carbocycles. The second kappa shape index (κ2) is 25.9. The van der Waals surface area contributed by atoms with Crippen LogP contribution in [-0.4, -0.2) is 161 Å². The number of hydrogen-bond acceptors (Lipinski definition) is 12. The van der Waals surface area contributed by atoms with Crippen LogP contribution in [0.25, 0.3) is 0 Å². The zero-order valence-corrected chi connectivity index (χ0v) is 47.7. The molecule has 418 valence electrons. The number of sulfonamides is 1. The maximum Gasteiger partial charge on any atom is 0.243 e. The number of nitrogens with one attached hydrogen (secondary N) is 2. The summed E-state index contributed by atoms with van der Waals surface area (Å²) in [4.78, 5) is 45.2. The van der Waals surface area contributed by atoms with Crippen LogP contribution in [0.15, 0.2) is 120 Å². The van der Waals surface area contributed by atoms with E-state index in [0.717, 1.165) is 43.8 Å². The number of para-hydroxylation sites is 1. The number of allylic oxidation sites excluding steroid dienone is 8. The largest absolute Gasteiger partial charge is 0.748 e. The van der Waals surface area contributed by atoms with Gasteiger partial charge in [0.1, 0.15) is 46.3 Å². The summed E-state index contributed by atoms with van der Waals surface area (Å²) < 4.78 is 68.4. The molecule has 5 heterocycles. The second-order valence-electron chi connectivity index (χ2n) is 21.5. The SMILES string of the molecule is CC(=O)[O-].CC(=O)[O-].CN(CCCC(=O)NCC(=O)Nc1ccc(CC[N+]23CC[N+](C)(CC2)CC3)cc1)S(=O)(=O)c1ccc2c(c1)C(C)(C)/C(=C/C=C/C=C/C=C/C1=[N+](C)c3ccccc3C1(C)C)N2CCCS(=O)(=O)[O-]. The predicted molar refractivity (Wildman–Crippen MR) is 295 cm³/mol. The minimum Gasteiger partial charge on any atom is -0.748 e. The Labute approximate surface area is 455 Å². The highest BCUT2D eigenvalue weighted by atomic mass is 32.2. The van der Waals surface area contributed by atoms with Crippen molar-refractivity contribution in [3.63, 3.8) is 0 Å². The fourth-order valence-corrected chi connectivity index (χ4v) is 12.2. The van der Waals surface area contributed by atoms with Gasteiger partial charge in [0.15, 0.2) is 5.71 Å². The van der Waals surface area contributed by atoms with Crippen molar-refractivity contribution in [3.05, 3.63) is 132 Å². The van der Waals surface area contributed by atoms with E-state index in [2.05, 4.69) is 79.6 Å². The van der Waals surface area contributed by atoms with Crippen molar-refractivity contribution in [1.82, 2.24) is 9.62 Å². The average molecular weight is 1100 g/mol. The van der Waals surface area contributed by atoms with E-state index in [4.69, 9.17) is 19.8 Å². The molecule has 20 heteroatoms. The molecule has 0 radical (unpaired) electrons. The lowest BCUT2D eigenvalue weighted by molar-refractivity contribution is -1.07. The molecule has 3 aromatic rings. The highest BCUT2D eigenvalue weighted by Gasteiger charge is 2.46. The highest BCUT2D eigenvalue weighted by molar-refractivity contribution is 7.89. The Balaban J connectivity index is 0.00000128. The minimum absolute atomic E-state index is 0.0301. The molecule has 2 amide bonds. The number of fused-ring (bicyclic) bond motifs is 5. The van der Waals surface area contributed by atoms with Gasteiger partial charge in [-0.3, -0.25) is 9.59 Å². The lowest BCUT2D eigenvalue weighted by Crippen LogP contribution is -2.73. The van der Waals surface area contributed by atoms with Crippen LogP contribution in [0.1, 0.15) is 77.5 Å². The Morgan fingerprint density at radius 1 is 0.779 bits per heavy atom. The summed E-state index contributed by atoms with van der Waals surface area (Å²) in [6.45, 7) is 19.1. The van der Waals surface area contributed by atoms with Crippen molar-refractivity contribution in [2.24, 2.45) is 0 Å². The molecule has 8 rings (SSSR count). The van der Waals surface area contributed by atoms with Gasteiger partial charge in [-0.1, -0.05) is 74.6 Å². The molecular formula is C57H77N7O11S2. The van der Waals surface area contributed by atoms with Crippen molar-refractivity contribution in [1.29, 1.82) is 0 Å². The Bertz CT molecular complexity index is 2990. The van der Waals surface area contributed by atoms with E-state index in [1.54, 1.807) is 12.1 Å². The molecule has 0 atom stereocenters. The number of quaternary nitrogens is 2. The number of likely N-dealkylation sites (N-methyl/N-ethyl adjacent to an activating group) is 1. The van der Waals surface area contributed by atoms with Crippen molar-refractivity contribution in [2.45, 2.75) is 83.0 Å². The fraction of sp³-hybridized carbons (Fsp3) is 0.456. The first-order chi connectivity index (χ1) is 36.0. The molecule has 3 aromatic carbocycles. The van der Waals surface area contributed by atoms with E-state index in [0.29, 0.717) is 5.69 Å². The number of nitrogens with zero attached hydrogens (tertiary/aromatic N) is 5. The first-order valence-electron chi connectivity index (χ1n) is 25.9. The van der Waals surface area contributed by atoms with Gasteiger partial charge < -0.3 is 48.9 Å². The van der Waals surface area contributed by atoms with E-state index in [1.807, 2.05) is 73.4 Å². The molecule has 77 heavy (non-hydrogen) atoms. The number of carbonyl (C=O) groups is 4. The van der Waals surface area contributed by atoms with Gasteiger partial charge in [-0.05, 0) is 88.1 Å². The van der Waals surface area contributed by atoms with E-state index in [9.17, 15) is 31.0 Å². The zero-order chi connectivity index (χ0) is 57.0. The standard InChI is InChI=1S/C53H69N7O7S2.2C2H4O2/c1-52(2)44-17-13-14-18-46(44)57(6)48(52)19-11-9-8-10-12-20-49-53(3,4)45-39-43(26-27-47(45)58(49)30-16-38-68(63,64)65)69(66,67)56(5)29-15-21-50(61)54-40-51(62)55-42-24-22-41(23-25-42)28-31-60-35-32-59(7,33-36-60)34-37-60;2*1-2(3)4/h8-14,17-20,22-27,39H,15-16,21,28-38,40H2,1-7H3;2*1H3,(H,3,4). The Morgan fingerprint density at radius 3 is 1.99 bits per heavy atom. The lowest BCUT2D eigenvalue weighted by Gasteiger charge is -2.54. The van der Waals surface area contributed by atoms with Crippen molar-refractivity contribution in [2.75, 3.05) is 103 Å². The molecule has 0 spiro atoms. The number of hydrogen-bond donors (Lipinski definition) is 2. The number of carboxylic acid groups (broad SMARTS) is 2. The molecule has 0 unspecified atom stereocenters. The molecule has 5 aliphatic rings. The van der Waals surface area contributed by atoms with Gasteiger partial charge in [0.2, 0.25) is 27.5 Å². The maximum atomic E-state index is 13.9. The zero-order valence-electron chi connectivity index (χ0n) is 46.0. The van der Waals surface area contributed by atoms with Crippen LogP contribution in [-0.2, 0) is 56.6 Å². The van der Waals surface area contributed by atoms with Crippen molar-refractivity contribution in [3.8, 4) is 0 Å². The first kappa shape index (κ1) is 61.6. The van der Waals surface area contributed by atoms with E-state index >= 15 is 0 Å². The second-order valence-corrected chi connectivity index (χ2v) is 25.1. The van der Waals surface area contributed by atoms with Crippen LogP contribution in [0.4, 0.5) is 17.1 Å². The third kappa shape index (κ3) is 16.6. The number of benzene rings is 3. The normalized spacial score (nSPS) is 20.7. The van der Waals surface area contributed by atoms with Gasteiger partial charge in [-0.2, -0.15) is 4.58 Å². The van der Waals surface area contributed by atoms with Gasteiger partial charge in [0, 0.05) is 90.9 Å². The van der Waals surface area contributed by atoms with E-state index < -0.39 is 43.2 Å². The Hall–Kier alpha value is -6.29. The molecule has 3 saturated heterocycles. The maximum absolute atomic E-state index is 13.9. The number of carboxylic acids is 2. The molecule has 5 aliphatic heterocycles. The van der Waals surface area contributed by atoms with Gasteiger partial charge >= 0.3 is 0 Å². The van der Waals surface area contributed by atoms with Crippen LogP contribution in [0, 0.1) is 0 Å². The molecule has 18 nitrogen and oxygen atoms in total. The summed E-state index contributed by atoms with van der Waals surface area (Å²) in [6, 6.07) is 21.2. The summed E-state index contributed by atoms with van der Waals surface area (Å²) >= 11 is 0. The van der Waals surface area contributed by atoms with Crippen molar-refractivity contribution >= 4 is 66.7 Å². The summed E-state index contributed by atoms with van der Waals surface area (Å²) in [5, 5.41) is 23.3. The van der Waals surface area contributed by atoms with Gasteiger partial charge in [0.05, 0.1) is 40.6 Å². The topological polar surface area (TPSA) is 239 Å². The van der Waals surface area contributed by atoms with Crippen LogP contribution < -0.4 is 25.7 Å². The van der Waals surface area contributed by atoms with Crippen LogP contribution in [0.2, 0.25) is 0 Å². The minimum atomic E-state index is -4.44. The number of carbonyl (C=O) groups excluding carboxylic acids is 4. The summed E-state index contributed by atoms with van der Waals surface area (Å²) in [7, 11) is -2.49. The van der Waals surface area contributed by atoms with Gasteiger partial charge in [-0.15, -0.1) is 0 Å². The molecule has 2 bridgehead atoms. The molecular weight excluding hydrogens is 1020 g/mol. The summed E-state index contributed by atoms with van der Waals surface area (Å²) in [5.74, 6) is -3.39. The number of aliphatic carboxylic acids is 2. The van der Waals surface area contributed by atoms with Crippen LogP contribution in [0.3, 0.4) is 0 Å². The molecule has 3 fully saturated rings. The number of piperazine rings is 3. The smallest absolute Gasteiger partial charge is 0.243 e. The quantitative estimate of drug-likeness (QED) is 0.0716.